The summed E-state index contributed by atoms with van der Waals surface area (Å²) in [7, 11) is 0. The molecule has 0 aliphatic carbocycles. The van der Waals surface area contributed by atoms with Crippen LogP contribution in [0.1, 0.15) is 7.13 Å². The van der Waals surface area contributed by atoms with E-state index < -0.39 is 0 Å². The molecule has 0 atom stereocenters. The van der Waals surface area contributed by atoms with E-state index in [1.54, 1.807) is 0 Å². The standard InChI is InChI=1S/C10H2.5H2/c1-3-5-7-9-10-8-6-4-2;;;;;/h1-2H;5*1H. The van der Waals surface area contributed by atoms with Gasteiger partial charge in [0.15, 0.2) is 0 Å². The second kappa shape index (κ2) is 6.80. The molecule has 0 aliphatic rings. The first-order valence-electron chi connectivity index (χ1n) is 2.33. The summed E-state index contributed by atoms with van der Waals surface area (Å²) >= 11 is 0. The third-order valence-electron chi connectivity index (χ3n) is 0.457. The Balaban J connectivity index is -0.0000000405. The molecule has 0 amide bonds. The van der Waals surface area contributed by atoms with Crippen LogP contribution in [0.3, 0.4) is 0 Å². The van der Waals surface area contributed by atoms with E-state index in [1.165, 1.54) is 0 Å². The number of hydrogen-bond acceptors (Lipinski definition) is 0. The zero-order valence-electron chi connectivity index (χ0n) is 5.15. The quantitative estimate of drug-likeness (QED) is 0.438. The molecule has 52 valence electrons. The van der Waals surface area contributed by atoms with Gasteiger partial charge in [0, 0.05) is 7.13 Å². The van der Waals surface area contributed by atoms with Gasteiger partial charge in [0.1, 0.15) is 0 Å². The smallest absolute Gasteiger partial charge is 0 e. The molecule has 0 spiro atoms. The van der Waals surface area contributed by atoms with Crippen LogP contribution in [0, 0.1) is 60.2 Å². The molecule has 0 heterocycles. The number of hydrogen-bond donors (Lipinski definition) is 0. The Morgan fingerprint density at radius 2 is 0.900 bits per heavy atom. The first-order chi connectivity index (χ1) is 4.91. The largest absolute Gasteiger partial charge is 0.106 e. The fourth-order valence-corrected chi connectivity index (χ4v) is 0.197. The zero-order chi connectivity index (χ0) is 7.66. The number of terminal acetylenes is 2. The van der Waals surface area contributed by atoms with Crippen molar-refractivity contribution in [3.63, 3.8) is 0 Å². The predicted molar refractivity (Wildman–Crippen MR) is 51.6 cm³/mol. The van der Waals surface area contributed by atoms with Crippen molar-refractivity contribution >= 4 is 0 Å². The molecule has 0 fully saturated rings. The predicted octanol–water partition coefficient (Wildman–Crippen LogP) is 1.49. The normalized spacial score (nSPS) is 3.40. The number of rotatable bonds is 0. The average molecular weight is 132 g/mol. The highest BCUT2D eigenvalue weighted by molar-refractivity contribution is 5.41. The Morgan fingerprint density at radius 3 is 1.20 bits per heavy atom. The average Bonchev–Trinajstić information content (AvgIpc) is 1.97. The van der Waals surface area contributed by atoms with Gasteiger partial charge in [-0.05, 0) is 47.4 Å². The monoisotopic (exact) mass is 132 g/mol. The first-order valence-corrected chi connectivity index (χ1v) is 2.33. The highest BCUT2D eigenvalue weighted by atomic mass is 13.5. The van der Waals surface area contributed by atoms with Crippen LogP contribution in [0.5, 0.6) is 0 Å². The molecule has 0 aromatic carbocycles. The maximum absolute atomic E-state index is 4.81. The van der Waals surface area contributed by atoms with Crippen LogP contribution in [0.15, 0.2) is 0 Å². The van der Waals surface area contributed by atoms with Crippen molar-refractivity contribution in [2.75, 3.05) is 0 Å². The van der Waals surface area contributed by atoms with E-state index in [0.717, 1.165) is 0 Å². The van der Waals surface area contributed by atoms with Gasteiger partial charge in [0.2, 0.25) is 0 Å². The maximum atomic E-state index is 4.81. The minimum Gasteiger partial charge on any atom is -0.106 e. The summed E-state index contributed by atoms with van der Waals surface area (Å²) in [5.74, 6) is 18.4. The Hall–Kier alpha value is -2.20. The molecule has 0 bridgehead atoms. The second-order valence-electron chi connectivity index (χ2n) is 1.04. The summed E-state index contributed by atoms with van der Waals surface area (Å²) in [5.41, 5.74) is 0. The van der Waals surface area contributed by atoms with E-state index in [4.69, 9.17) is 12.8 Å². The summed E-state index contributed by atoms with van der Waals surface area (Å²) in [6.45, 7) is 0. The van der Waals surface area contributed by atoms with Crippen molar-refractivity contribution in [1.29, 1.82) is 0 Å². The lowest BCUT2D eigenvalue weighted by molar-refractivity contribution is 2.37. The van der Waals surface area contributed by atoms with Crippen molar-refractivity contribution in [3.8, 4) is 60.2 Å². The third kappa shape index (κ3) is 5.80. The van der Waals surface area contributed by atoms with Crippen molar-refractivity contribution in [3.05, 3.63) is 0 Å². The molecule has 0 N–H and O–H groups in total. The third-order valence-corrected chi connectivity index (χ3v) is 0.457. The van der Waals surface area contributed by atoms with E-state index in [9.17, 15) is 0 Å². The lowest BCUT2D eigenvalue weighted by atomic mass is 10.5. The van der Waals surface area contributed by atoms with Crippen LogP contribution >= 0.6 is 0 Å². The minimum absolute atomic E-state index is 0. The van der Waals surface area contributed by atoms with Crippen LogP contribution in [-0.4, -0.2) is 0 Å². The molecular formula is C10H12. The van der Waals surface area contributed by atoms with Gasteiger partial charge in [-0.2, -0.15) is 0 Å². The van der Waals surface area contributed by atoms with Gasteiger partial charge in [0.05, 0.1) is 0 Å². The molecule has 0 saturated carbocycles. The zero-order valence-corrected chi connectivity index (χ0v) is 5.15. The van der Waals surface area contributed by atoms with Crippen LogP contribution in [-0.2, 0) is 0 Å². The lowest BCUT2D eigenvalue weighted by Gasteiger charge is -1.52. The molecular weight excluding hydrogens is 120 g/mol. The highest BCUT2D eigenvalue weighted by Crippen LogP contribution is 1.52. The molecule has 0 radical (unpaired) electrons. The van der Waals surface area contributed by atoms with E-state index in [-0.39, 0.29) is 7.13 Å². The summed E-state index contributed by atoms with van der Waals surface area (Å²) < 4.78 is 0. The summed E-state index contributed by atoms with van der Waals surface area (Å²) in [4.78, 5) is 0. The van der Waals surface area contributed by atoms with Crippen LogP contribution in [0.25, 0.3) is 0 Å². The molecule has 0 rings (SSSR count). The summed E-state index contributed by atoms with van der Waals surface area (Å²) in [5, 5.41) is 0. The van der Waals surface area contributed by atoms with Gasteiger partial charge in [-0.1, -0.05) is 0 Å². The van der Waals surface area contributed by atoms with E-state index >= 15 is 0 Å². The lowest BCUT2D eigenvalue weighted by Crippen LogP contribution is -1.51. The van der Waals surface area contributed by atoms with Gasteiger partial charge >= 0.3 is 0 Å². The van der Waals surface area contributed by atoms with Crippen molar-refractivity contribution < 1.29 is 7.13 Å². The van der Waals surface area contributed by atoms with Crippen molar-refractivity contribution in [1.82, 2.24) is 0 Å². The highest BCUT2D eigenvalue weighted by Gasteiger charge is 1.52. The molecule has 0 heteroatoms. The minimum atomic E-state index is 0. The molecule has 0 aliphatic heterocycles. The Labute approximate surface area is 68.4 Å². The van der Waals surface area contributed by atoms with E-state index in [0.29, 0.717) is 0 Å². The second-order valence-corrected chi connectivity index (χ2v) is 1.04. The van der Waals surface area contributed by atoms with Gasteiger partial charge in [-0.15, -0.1) is 12.8 Å². The van der Waals surface area contributed by atoms with Crippen molar-refractivity contribution in [2.24, 2.45) is 0 Å². The molecule has 0 unspecified atom stereocenters. The van der Waals surface area contributed by atoms with Crippen LogP contribution in [0.4, 0.5) is 0 Å². The fourth-order valence-electron chi connectivity index (χ4n) is 0.197. The molecule has 0 aromatic rings. The van der Waals surface area contributed by atoms with E-state index in [2.05, 4.69) is 47.4 Å². The Bertz CT molecular complexity index is 328. The Kier molecular flexibility index (Phi) is 5.30. The topological polar surface area (TPSA) is 0 Å². The van der Waals surface area contributed by atoms with Crippen LogP contribution < -0.4 is 0 Å². The van der Waals surface area contributed by atoms with Gasteiger partial charge in [-0.25, -0.2) is 0 Å². The van der Waals surface area contributed by atoms with Crippen LogP contribution in [0.2, 0.25) is 0 Å². The molecule has 0 nitrogen and oxygen atoms in total. The Morgan fingerprint density at radius 1 is 0.600 bits per heavy atom. The van der Waals surface area contributed by atoms with Gasteiger partial charge < -0.3 is 0 Å². The molecule has 10 heavy (non-hydrogen) atoms. The first kappa shape index (κ1) is 7.80. The fraction of sp³-hybridized carbons (Fsp3) is 0. The summed E-state index contributed by atoms with van der Waals surface area (Å²) in [6.07, 6.45) is 9.62. The van der Waals surface area contributed by atoms with Crippen molar-refractivity contribution in [2.45, 2.75) is 0 Å². The van der Waals surface area contributed by atoms with Gasteiger partial charge in [0.25, 0.3) is 0 Å². The maximum Gasteiger partial charge on any atom is 0 e. The molecule has 0 saturated heterocycles. The van der Waals surface area contributed by atoms with Gasteiger partial charge in [-0.3, -0.25) is 0 Å². The molecule has 0 aromatic heterocycles. The summed E-state index contributed by atoms with van der Waals surface area (Å²) in [6, 6.07) is 0. The van der Waals surface area contributed by atoms with E-state index in [1.807, 2.05) is 0 Å². The SMILES string of the molecule is C#CC#CC#CC#CC#C.[HH].[HH].[HH].[HH].[HH].